The molecule has 0 atom stereocenters. The van der Waals surface area contributed by atoms with E-state index in [4.69, 9.17) is 17.3 Å². The lowest BCUT2D eigenvalue weighted by molar-refractivity contribution is -0.137. The van der Waals surface area contributed by atoms with Gasteiger partial charge in [0.25, 0.3) is 11.5 Å². The average molecular weight is 475 g/mol. The molecule has 32 heavy (non-hydrogen) atoms. The van der Waals surface area contributed by atoms with Gasteiger partial charge in [0, 0.05) is 38.7 Å². The van der Waals surface area contributed by atoms with Crippen LogP contribution < -0.4 is 10.5 Å². The predicted molar refractivity (Wildman–Crippen MR) is 128 cm³/mol. The summed E-state index contributed by atoms with van der Waals surface area (Å²) in [4.78, 5) is 40.6. The fourth-order valence-corrected chi connectivity index (χ4v) is 5.32. The van der Waals surface area contributed by atoms with Crippen LogP contribution in [-0.2, 0) is 16.6 Å². The van der Waals surface area contributed by atoms with Gasteiger partial charge in [-0.15, -0.1) is 0 Å². The van der Waals surface area contributed by atoms with E-state index in [9.17, 15) is 19.6 Å². The van der Waals surface area contributed by atoms with E-state index in [-0.39, 0.29) is 30.0 Å². The van der Waals surface area contributed by atoms with Crippen molar-refractivity contribution in [2.75, 3.05) is 24.5 Å². The zero-order valence-electron chi connectivity index (χ0n) is 18.4. The summed E-state index contributed by atoms with van der Waals surface area (Å²) in [5, 5.41) is 18.4. The second-order valence-electron chi connectivity index (χ2n) is 8.21. The van der Waals surface area contributed by atoms with E-state index < -0.39 is 5.97 Å². The van der Waals surface area contributed by atoms with Crippen LogP contribution in [0.5, 0.6) is 0 Å². The minimum atomic E-state index is -0.920. The molecule has 2 aliphatic heterocycles. The van der Waals surface area contributed by atoms with Crippen molar-refractivity contribution in [1.29, 1.82) is 5.26 Å². The summed E-state index contributed by atoms with van der Waals surface area (Å²) in [5.74, 6) is 0.106. The molecule has 0 spiro atoms. The molecule has 3 rings (SSSR count). The second-order valence-corrected chi connectivity index (χ2v) is 9.89. The third kappa shape index (κ3) is 4.74. The Kier molecular flexibility index (Phi) is 7.41. The zero-order valence-corrected chi connectivity index (χ0v) is 20.0. The molecular weight excluding hydrogens is 448 g/mol. The van der Waals surface area contributed by atoms with Crippen molar-refractivity contribution < 1.29 is 14.7 Å². The van der Waals surface area contributed by atoms with Crippen molar-refractivity contribution in [1.82, 2.24) is 9.47 Å². The number of rotatable bonds is 6. The highest BCUT2D eigenvalue weighted by Crippen LogP contribution is 2.36. The molecule has 2 aliphatic rings. The number of carbonyl (C=O) groups is 2. The summed E-state index contributed by atoms with van der Waals surface area (Å²) in [6.45, 7) is 5.75. The van der Waals surface area contributed by atoms with Crippen LogP contribution in [0.1, 0.15) is 49.3 Å². The Morgan fingerprint density at radius 2 is 2.00 bits per heavy atom. The number of anilines is 1. The molecule has 0 bridgehead atoms. The lowest BCUT2D eigenvalue weighted by Gasteiger charge is -2.34. The van der Waals surface area contributed by atoms with Gasteiger partial charge in [-0.05, 0) is 43.7 Å². The lowest BCUT2D eigenvalue weighted by Crippen LogP contribution is -2.38. The topological polar surface area (TPSA) is 107 Å². The van der Waals surface area contributed by atoms with E-state index in [0.29, 0.717) is 38.5 Å². The normalized spacial score (nSPS) is 18.5. The van der Waals surface area contributed by atoms with Crippen molar-refractivity contribution in [3.63, 3.8) is 0 Å². The zero-order chi connectivity index (χ0) is 23.6. The van der Waals surface area contributed by atoms with Gasteiger partial charge >= 0.3 is 5.97 Å². The van der Waals surface area contributed by atoms with Crippen LogP contribution >= 0.6 is 24.0 Å². The van der Waals surface area contributed by atoms with Crippen LogP contribution in [0.15, 0.2) is 9.70 Å². The van der Waals surface area contributed by atoms with Crippen LogP contribution in [0.3, 0.4) is 0 Å². The van der Waals surface area contributed by atoms with Crippen LogP contribution in [0.2, 0.25) is 0 Å². The largest absolute Gasteiger partial charge is 0.481 e. The fraction of sp³-hybridized carbons (Fsp3) is 0.500. The molecule has 1 N–H and O–H groups in total. The summed E-state index contributed by atoms with van der Waals surface area (Å²) >= 11 is 6.51. The van der Waals surface area contributed by atoms with E-state index in [0.717, 1.165) is 37.7 Å². The molecule has 2 saturated heterocycles. The molecule has 3 heterocycles. The van der Waals surface area contributed by atoms with E-state index in [2.05, 4.69) is 11.8 Å². The standard InChI is InChI=1S/C22H26N4O4S2/c1-13-6-9-25(10-7-13)19-15(14(2)16(12-23)20(29)24(19)3)11-17-21(30)26(22(31)32-17)8-4-5-18(27)28/h11,13H,4-10H2,1-3H3,(H,27,28)/b17-11-. The molecule has 10 heteroatoms. The van der Waals surface area contributed by atoms with Gasteiger partial charge in [0.05, 0.1) is 4.91 Å². The third-order valence-corrected chi connectivity index (χ3v) is 7.35. The number of piperidine rings is 1. The van der Waals surface area contributed by atoms with Gasteiger partial charge in [-0.3, -0.25) is 23.9 Å². The number of aliphatic carboxylic acids is 1. The number of carboxylic acids is 1. The Morgan fingerprint density at radius 1 is 1.34 bits per heavy atom. The van der Waals surface area contributed by atoms with Crippen molar-refractivity contribution in [2.45, 2.75) is 39.5 Å². The number of pyridine rings is 1. The number of carbonyl (C=O) groups excluding carboxylic acids is 1. The highest BCUT2D eigenvalue weighted by atomic mass is 32.2. The molecule has 0 aliphatic carbocycles. The number of hydrogen-bond donors (Lipinski definition) is 1. The average Bonchev–Trinajstić information content (AvgIpc) is 3.01. The highest BCUT2D eigenvalue weighted by molar-refractivity contribution is 8.26. The van der Waals surface area contributed by atoms with Crippen LogP contribution in [0.4, 0.5) is 5.82 Å². The molecule has 8 nitrogen and oxygen atoms in total. The number of nitrogens with zero attached hydrogens (tertiary/aromatic N) is 4. The van der Waals surface area contributed by atoms with Gasteiger partial charge in [-0.25, -0.2) is 0 Å². The molecule has 0 saturated carbocycles. The first-order valence-corrected chi connectivity index (χ1v) is 11.7. The minimum absolute atomic E-state index is 0.0426. The number of aromatic nitrogens is 1. The van der Waals surface area contributed by atoms with Crippen molar-refractivity contribution in [2.24, 2.45) is 13.0 Å². The van der Waals surface area contributed by atoms with Crippen LogP contribution in [-0.4, -0.2) is 50.4 Å². The quantitative estimate of drug-likeness (QED) is 0.496. The maximum Gasteiger partial charge on any atom is 0.303 e. The van der Waals surface area contributed by atoms with Gasteiger partial charge in [-0.2, -0.15) is 5.26 Å². The SMILES string of the molecule is Cc1c(/C=C2\SC(=S)N(CCCC(=O)O)C2=O)c(N2CCC(C)CC2)n(C)c(=O)c1C#N. The van der Waals surface area contributed by atoms with Gasteiger partial charge in [0.1, 0.15) is 21.8 Å². The maximum atomic E-state index is 13.0. The Morgan fingerprint density at radius 3 is 2.59 bits per heavy atom. The van der Waals surface area contributed by atoms with Crippen molar-refractivity contribution in [3.05, 3.63) is 31.9 Å². The monoisotopic (exact) mass is 474 g/mol. The number of amides is 1. The second kappa shape index (κ2) is 9.88. The fourth-order valence-electron chi connectivity index (χ4n) is 4.03. The summed E-state index contributed by atoms with van der Waals surface area (Å²) in [6.07, 6.45) is 3.99. The molecule has 1 aromatic heterocycles. The van der Waals surface area contributed by atoms with Crippen molar-refractivity contribution in [3.8, 4) is 6.07 Å². The Bertz CT molecular complexity index is 1090. The van der Waals surface area contributed by atoms with Crippen LogP contribution in [0, 0.1) is 24.2 Å². The first kappa shape index (κ1) is 24.0. The van der Waals surface area contributed by atoms with E-state index in [1.54, 1.807) is 20.0 Å². The van der Waals surface area contributed by atoms with Crippen LogP contribution in [0.25, 0.3) is 6.08 Å². The van der Waals surface area contributed by atoms with Gasteiger partial charge in [0.2, 0.25) is 0 Å². The van der Waals surface area contributed by atoms with E-state index in [1.165, 1.54) is 9.47 Å². The van der Waals surface area contributed by atoms with Gasteiger partial charge in [0.15, 0.2) is 0 Å². The molecule has 2 fully saturated rings. The van der Waals surface area contributed by atoms with Crippen molar-refractivity contribution >= 4 is 52.1 Å². The van der Waals surface area contributed by atoms with Gasteiger partial charge in [-0.1, -0.05) is 30.9 Å². The molecular formula is C22H26N4O4S2. The maximum absolute atomic E-state index is 13.0. The molecule has 0 unspecified atom stereocenters. The Hall–Kier alpha value is -2.64. The molecule has 1 aromatic rings. The first-order valence-electron chi connectivity index (χ1n) is 10.5. The predicted octanol–water partition coefficient (Wildman–Crippen LogP) is 2.87. The Labute approximate surface area is 196 Å². The van der Waals surface area contributed by atoms with Gasteiger partial charge < -0.3 is 10.0 Å². The number of thioether (sulfide) groups is 1. The van der Waals surface area contributed by atoms with E-state index >= 15 is 0 Å². The summed E-state index contributed by atoms with van der Waals surface area (Å²) in [6, 6.07) is 2.01. The highest BCUT2D eigenvalue weighted by Gasteiger charge is 2.33. The van der Waals surface area contributed by atoms with E-state index in [1.807, 2.05) is 6.07 Å². The summed E-state index contributed by atoms with van der Waals surface area (Å²) in [5.41, 5.74) is 0.923. The minimum Gasteiger partial charge on any atom is -0.481 e. The summed E-state index contributed by atoms with van der Waals surface area (Å²) in [7, 11) is 1.66. The Balaban J connectivity index is 2.04. The number of carboxylic acid groups (broad SMARTS) is 1. The lowest BCUT2D eigenvalue weighted by atomic mass is 9.97. The smallest absolute Gasteiger partial charge is 0.303 e. The molecule has 1 amide bonds. The molecule has 170 valence electrons. The molecule has 0 radical (unpaired) electrons. The number of thiocarbonyl (C=S) groups is 1. The first-order chi connectivity index (χ1) is 15.1. The number of hydrogen-bond acceptors (Lipinski definition) is 7. The number of nitriles is 1. The third-order valence-electron chi connectivity index (χ3n) is 5.97. The summed E-state index contributed by atoms with van der Waals surface area (Å²) < 4.78 is 1.88. The molecule has 0 aromatic carbocycles.